The highest BCUT2D eigenvalue weighted by atomic mass is 79.9. The first-order chi connectivity index (χ1) is 9.31. The number of rotatable bonds is 3. The van der Waals surface area contributed by atoms with Gasteiger partial charge in [-0.15, -0.1) is 0 Å². The summed E-state index contributed by atoms with van der Waals surface area (Å²) in [6.07, 6.45) is 0. The number of Topliss-reactive ketones (excluding diaryl/α,β-unsaturated/α-hetero) is 2. The number of hydrogen-bond donors (Lipinski definition) is 2. The Kier molecular flexibility index (Phi) is 4.88. The van der Waals surface area contributed by atoms with E-state index in [9.17, 15) is 14.7 Å². The molecule has 0 saturated carbocycles. The number of aromatic amines is 1. The zero-order chi connectivity index (χ0) is 15.0. The van der Waals surface area contributed by atoms with E-state index < -0.39 is 11.6 Å². The third kappa shape index (κ3) is 3.08. The number of aromatic nitrogens is 1. The fraction of sp³-hybridized carbons (Fsp3) is 0. The van der Waals surface area contributed by atoms with Gasteiger partial charge >= 0.3 is 0 Å². The Bertz CT molecular complexity index is 704. The molecule has 0 amide bonds. The van der Waals surface area contributed by atoms with Gasteiger partial charge in [0.15, 0.2) is 0 Å². The number of benzene rings is 1. The van der Waals surface area contributed by atoms with E-state index in [4.69, 9.17) is 0 Å². The van der Waals surface area contributed by atoms with Crippen molar-refractivity contribution in [3.8, 4) is 5.75 Å². The Morgan fingerprint density at radius 2 is 1.60 bits per heavy atom. The van der Waals surface area contributed by atoms with Crippen molar-refractivity contribution >= 4 is 75.3 Å². The molecular formula is C12H5Br4NO3. The van der Waals surface area contributed by atoms with Crippen LogP contribution in [0.4, 0.5) is 0 Å². The van der Waals surface area contributed by atoms with Crippen molar-refractivity contribution in [2.24, 2.45) is 0 Å². The fourth-order valence-corrected chi connectivity index (χ4v) is 3.39. The highest BCUT2D eigenvalue weighted by molar-refractivity contribution is 9.13. The Morgan fingerprint density at radius 1 is 0.950 bits per heavy atom. The standard InChI is InChI=1S/C12H5Br4NO3/c13-4-1-5(9(18)6(14)2-4)10(19)11(20)8-3-7(15)12(16)17-8/h1-3,17-18H. The Morgan fingerprint density at radius 3 is 2.15 bits per heavy atom. The maximum absolute atomic E-state index is 12.2. The zero-order valence-electron chi connectivity index (χ0n) is 9.51. The normalized spacial score (nSPS) is 10.6. The van der Waals surface area contributed by atoms with E-state index in [0.717, 1.165) is 0 Å². The number of H-pyrrole nitrogens is 1. The first-order valence-electron chi connectivity index (χ1n) is 5.12. The van der Waals surface area contributed by atoms with Crippen molar-refractivity contribution in [1.82, 2.24) is 4.98 Å². The summed E-state index contributed by atoms with van der Waals surface area (Å²) >= 11 is 12.7. The SMILES string of the molecule is O=C(C(=O)c1cc(Br)cc(Br)c1O)c1cc(Br)c(Br)[nH]1. The maximum atomic E-state index is 12.2. The Labute approximate surface area is 147 Å². The summed E-state index contributed by atoms with van der Waals surface area (Å²) in [7, 11) is 0. The average molecular weight is 531 g/mol. The number of phenols is 1. The molecule has 2 rings (SSSR count). The molecule has 0 atom stereocenters. The van der Waals surface area contributed by atoms with E-state index in [1.807, 2.05) is 0 Å². The molecule has 0 aliphatic rings. The van der Waals surface area contributed by atoms with Crippen LogP contribution < -0.4 is 0 Å². The van der Waals surface area contributed by atoms with Crippen LogP contribution in [0.15, 0.2) is 36.2 Å². The van der Waals surface area contributed by atoms with Crippen LogP contribution in [0.5, 0.6) is 5.75 Å². The number of halogens is 4. The lowest BCUT2D eigenvalue weighted by Gasteiger charge is -2.05. The second-order valence-corrected chi connectivity index (χ2v) is 7.20. The number of carbonyl (C=O) groups excluding carboxylic acids is 2. The van der Waals surface area contributed by atoms with Crippen LogP contribution in [-0.4, -0.2) is 21.7 Å². The van der Waals surface area contributed by atoms with Crippen molar-refractivity contribution in [2.75, 3.05) is 0 Å². The topological polar surface area (TPSA) is 70.2 Å². The van der Waals surface area contributed by atoms with E-state index in [2.05, 4.69) is 68.7 Å². The molecule has 0 unspecified atom stereocenters. The van der Waals surface area contributed by atoms with Gasteiger partial charge in [-0.1, -0.05) is 15.9 Å². The van der Waals surface area contributed by atoms with Crippen LogP contribution >= 0.6 is 63.7 Å². The summed E-state index contributed by atoms with van der Waals surface area (Å²) in [5.41, 5.74) is 0.0577. The zero-order valence-corrected chi connectivity index (χ0v) is 15.9. The van der Waals surface area contributed by atoms with Crippen molar-refractivity contribution in [3.63, 3.8) is 0 Å². The van der Waals surface area contributed by atoms with Crippen molar-refractivity contribution in [2.45, 2.75) is 0 Å². The van der Waals surface area contributed by atoms with Gasteiger partial charge in [-0.25, -0.2) is 0 Å². The van der Waals surface area contributed by atoms with Crippen LogP contribution in [0.2, 0.25) is 0 Å². The molecule has 8 heteroatoms. The van der Waals surface area contributed by atoms with Gasteiger partial charge < -0.3 is 10.1 Å². The molecule has 0 saturated heterocycles. The maximum Gasteiger partial charge on any atom is 0.249 e. The number of aromatic hydroxyl groups is 1. The first kappa shape index (κ1) is 15.9. The van der Waals surface area contributed by atoms with Crippen LogP contribution in [0.25, 0.3) is 0 Å². The highest BCUT2D eigenvalue weighted by Crippen LogP contribution is 2.33. The van der Waals surface area contributed by atoms with E-state index in [1.165, 1.54) is 12.1 Å². The molecule has 0 aliphatic heterocycles. The molecule has 2 aromatic rings. The molecule has 0 bridgehead atoms. The number of phenolic OH excluding ortho intramolecular Hbond substituents is 1. The molecule has 0 aliphatic carbocycles. The Balaban J connectivity index is 2.44. The molecule has 1 aromatic heterocycles. The minimum absolute atomic E-state index is 0.0712. The van der Waals surface area contributed by atoms with E-state index in [1.54, 1.807) is 6.07 Å². The molecule has 0 radical (unpaired) electrons. The molecule has 0 spiro atoms. The van der Waals surface area contributed by atoms with Gasteiger partial charge in [-0.05, 0) is 66.0 Å². The minimum atomic E-state index is -0.800. The highest BCUT2D eigenvalue weighted by Gasteiger charge is 2.24. The van der Waals surface area contributed by atoms with Crippen molar-refractivity contribution < 1.29 is 14.7 Å². The van der Waals surface area contributed by atoms with E-state index >= 15 is 0 Å². The summed E-state index contributed by atoms with van der Waals surface area (Å²) in [4.78, 5) is 27.0. The molecule has 2 N–H and O–H groups in total. The van der Waals surface area contributed by atoms with Crippen LogP contribution in [-0.2, 0) is 0 Å². The molecule has 0 fully saturated rings. The van der Waals surface area contributed by atoms with Gasteiger partial charge in [-0.2, -0.15) is 0 Å². The number of ketones is 2. The fourth-order valence-electron chi connectivity index (χ4n) is 1.51. The lowest BCUT2D eigenvalue weighted by Crippen LogP contribution is -2.15. The summed E-state index contributed by atoms with van der Waals surface area (Å²) in [5, 5.41) is 9.88. The molecule has 1 heterocycles. The largest absolute Gasteiger partial charge is 0.506 e. The van der Waals surface area contributed by atoms with Crippen LogP contribution in [0.1, 0.15) is 20.8 Å². The van der Waals surface area contributed by atoms with Gasteiger partial charge in [0.2, 0.25) is 11.6 Å². The minimum Gasteiger partial charge on any atom is -0.506 e. The van der Waals surface area contributed by atoms with E-state index in [0.29, 0.717) is 18.0 Å². The quantitative estimate of drug-likeness (QED) is 0.441. The van der Waals surface area contributed by atoms with Gasteiger partial charge in [0.25, 0.3) is 0 Å². The van der Waals surface area contributed by atoms with Crippen LogP contribution in [0, 0.1) is 0 Å². The summed E-state index contributed by atoms with van der Waals surface area (Å²) in [6, 6.07) is 4.47. The molecule has 1 aromatic carbocycles. The van der Waals surface area contributed by atoms with Gasteiger partial charge in [0.1, 0.15) is 5.75 Å². The monoisotopic (exact) mass is 527 g/mol. The van der Waals surface area contributed by atoms with Crippen molar-refractivity contribution in [3.05, 3.63) is 47.5 Å². The second-order valence-electron chi connectivity index (χ2n) is 3.79. The molecule has 4 nitrogen and oxygen atoms in total. The van der Waals surface area contributed by atoms with Crippen molar-refractivity contribution in [1.29, 1.82) is 0 Å². The number of carbonyl (C=O) groups is 2. The average Bonchev–Trinajstić information content (AvgIpc) is 2.72. The lowest BCUT2D eigenvalue weighted by molar-refractivity contribution is 0.0812. The third-order valence-corrected chi connectivity index (χ3v) is 5.29. The van der Waals surface area contributed by atoms with Gasteiger partial charge in [0.05, 0.1) is 24.8 Å². The van der Waals surface area contributed by atoms with Crippen LogP contribution in [0.3, 0.4) is 0 Å². The van der Waals surface area contributed by atoms with E-state index in [-0.39, 0.29) is 17.0 Å². The summed E-state index contributed by atoms with van der Waals surface area (Å²) in [5.74, 6) is -1.81. The number of nitrogens with one attached hydrogen (secondary N) is 1. The number of hydrogen-bond acceptors (Lipinski definition) is 3. The summed E-state index contributed by atoms with van der Waals surface area (Å²) in [6.45, 7) is 0. The predicted molar refractivity (Wildman–Crippen MR) is 88.4 cm³/mol. The molecule has 104 valence electrons. The van der Waals surface area contributed by atoms with Gasteiger partial charge in [0, 0.05) is 4.47 Å². The molecular weight excluding hydrogens is 526 g/mol. The Hall–Kier alpha value is -0.440. The summed E-state index contributed by atoms with van der Waals surface area (Å²) < 4.78 is 2.10. The predicted octanol–water partition coefficient (Wildman–Crippen LogP) is 4.84. The second kappa shape index (κ2) is 6.13. The third-order valence-electron chi connectivity index (χ3n) is 2.45. The molecule has 20 heavy (non-hydrogen) atoms. The lowest BCUT2D eigenvalue weighted by atomic mass is 10.0. The first-order valence-corrected chi connectivity index (χ1v) is 8.29. The van der Waals surface area contributed by atoms with Gasteiger partial charge in [-0.3, -0.25) is 9.59 Å². The smallest absolute Gasteiger partial charge is 0.249 e.